The summed E-state index contributed by atoms with van der Waals surface area (Å²) in [6, 6.07) is 6.60. The van der Waals surface area contributed by atoms with E-state index in [1.54, 1.807) is 18.2 Å². The lowest BCUT2D eigenvalue weighted by Crippen LogP contribution is -2.24. The fourth-order valence-corrected chi connectivity index (χ4v) is 3.50. The van der Waals surface area contributed by atoms with Gasteiger partial charge in [0.05, 0.1) is 0 Å². The van der Waals surface area contributed by atoms with Crippen molar-refractivity contribution in [1.82, 2.24) is 0 Å². The van der Waals surface area contributed by atoms with Gasteiger partial charge in [0.2, 0.25) is 0 Å². The Morgan fingerprint density at radius 3 is 2.79 bits per heavy atom. The minimum atomic E-state index is -0.241. The lowest BCUT2D eigenvalue weighted by atomic mass is 9.98. The topological polar surface area (TPSA) is 26.3 Å². The number of carbonyl (C=O) groups excluding carboxylic acids is 1. The zero-order valence-electron chi connectivity index (χ0n) is 11.0. The fourth-order valence-electron chi connectivity index (χ4n) is 3.50. The normalized spacial score (nSPS) is 28.6. The van der Waals surface area contributed by atoms with Crippen molar-refractivity contribution in [3.05, 3.63) is 35.6 Å². The van der Waals surface area contributed by atoms with E-state index in [1.807, 2.05) is 0 Å². The van der Waals surface area contributed by atoms with E-state index in [2.05, 4.69) is 0 Å². The molecular weight excluding hydrogens is 243 g/mol. The highest BCUT2D eigenvalue weighted by Crippen LogP contribution is 2.45. The van der Waals surface area contributed by atoms with Crippen molar-refractivity contribution >= 4 is 5.97 Å². The van der Waals surface area contributed by atoms with Gasteiger partial charge >= 0.3 is 5.97 Å². The number of fused-ring (bicyclic) bond motifs is 2. The molecule has 1 aromatic carbocycles. The molecule has 2 nitrogen and oxygen atoms in total. The molecule has 102 valence electrons. The van der Waals surface area contributed by atoms with Crippen molar-refractivity contribution in [2.45, 2.75) is 44.6 Å². The van der Waals surface area contributed by atoms with Gasteiger partial charge in [0.25, 0.3) is 0 Å². The fraction of sp³-hybridized carbons (Fsp3) is 0.562. The Morgan fingerprint density at radius 2 is 2.11 bits per heavy atom. The van der Waals surface area contributed by atoms with Gasteiger partial charge in [-0.3, -0.25) is 4.79 Å². The van der Waals surface area contributed by atoms with Crippen molar-refractivity contribution in [2.24, 2.45) is 11.8 Å². The minimum absolute atomic E-state index is 0.131. The first-order chi connectivity index (χ1) is 9.22. The lowest BCUT2D eigenvalue weighted by Gasteiger charge is -2.21. The Morgan fingerprint density at radius 1 is 1.26 bits per heavy atom. The van der Waals surface area contributed by atoms with E-state index in [4.69, 9.17) is 4.74 Å². The molecule has 0 heterocycles. The second-order valence-corrected chi connectivity index (χ2v) is 5.79. The van der Waals surface area contributed by atoms with Crippen LogP contribution in [0.5, 0.6) is 0 Å². The second-order valence-electron chi connectivity index (χ2n) is 5.79. The van der Waals surface area contributed by atoms with Crippen molar-refractivity contribution in [3.63, 3.8) is 0 Å². The zero-order valence-corrected chi connectivity index (χ0v) is 11.0. The first kappa shape index (κ1) is 12.6. The molecule has 3 unspecified atom stereocenters. The predicted molar refractivity (Wildman–Crippen MR) is 70.0 cm³/mol. The molecule has 0 amide bonds. The highest BCUT2D eigenvalue weighted by Gasteiger charge is 2.41. The number of aryl methyl sites for hydroxylation is 1. The average Bonchev–Trinajstić information content (AvgIpc) is 3.00. The molecule has 3 atom stereocenters. The molecule has 2 fully saturated rings. The van der Waals surface area contributed by atoms with Crippen LogP contribution in [0.15, 0.2) is 24.3 Å². The molecule has 0 spiro atoms. The van der Waals surface area contributed by atoms with Crippen molar-refractivity contribution in [3.8, 4) is 0 Å². The van der Waals surface area contributed by atoms with Crippen LogP contribution in [0.4, 0.5) is 4.39 Å². The van der Waals surface area contributed by atoms with Gasteiger partial charge in [-0.05, 0) is 55.6 Å². The number of benzene rings is 1. The van der Waals surface area contributed by atoms with Gasteiger partial charge in [-0.1, -0.05) is 18.2 Å². The summed E-state index contributed by atoms with van der Waals surface area (Å²) in [7, 11) is 0. The molecule has 0 radical (unpaired) electrons. The zero-order chi connectivity index (χ0) is 13.2. The van der Waals surface area contributed by atoms with Gasteiger partial charge in [0.15, 0.2) is 0 Å². The second kappa shape index (κ2) is 5.32. The third-order valence-electron chi connectivity index (χ3n) is 4.51. The van der Waals surface area contributed by atoms with Gasteiger partial charge in [0.1, 0.15) is 11.9 Å². The van der Waals surface area contributed by atoms with Crippen LogP contribution < -0.4 is 0 Å². The molecule has 19 heavy (non-hydrogen) atoms. The SMILES string of the molecule is O=C(CCc1ccccc1F)OC1CC2CCC1C2. The van der Waals surface area contributed by atoms with Crippen LogP contribution in [0.3, 0.4) is 0 Å². The molecular formula is C16H19FO2. The molecule has 2 bridgehead atoms. The predicted octanol–water partition coefficient (Wildman–Crippen LogP) is 3.49. The van der Waals surface area contributed by atoms with Crippen molar-refractivity contribution in [2.75, 3.05) is 0 Å². The molecule has 1 aromatic rings. The van der Waals surface area contributed by atoms with Crippen LogP contribution in [-0.2, 0) is 16.0 Å². The van der Waals surface area contributed by atoms with Crippen LogP contribution in [0.2, 0.25) is 0 Å². The molecule has 2 saturated carbocycles. The largest absolute Gasteiger partial charge is 0.462 e. The van der Waals surface area contributed by atoms with Crippen LogP contribution in [0.1, 0.15) is 37.7 Å². The molecule has 3 rings (SSSR count). The molecule has 0 aliphatic heterocycles. The smallest absolute Gasteiger partial charge is 0.306 e. The van der Waals surface area contributed by atoms with Gasteiger partial charge in [-0.25, -0.2) is 4.39 Å². The number of carbonyl (C=O) groups is 1. The number of halogens is 1. The number of ether oxygens (including phenoxy) is 1. The number of rotatable bonds is 4. The quantitative estimate of drug-likeness (QED) is 0.776. The summed E-state index contributed by atoms with van der Waals surface area (Å²) in [6.45, 7) is 0. The van der Waals surface area contributed by atoms with Crippen LogP contribution in [0.25, 0.3) is 0 Å². The van der Waals surface area contributed by atoms with E-state index in [0.717, 1.165) is 12.3 Å². The molecule has 3 heteroatoms. The minimum Gasteiger partial charge on any atom is -0.462 e. The summed E-state index contributed by atoms with van der Waals surface area (Å²) in [6.07, 6.45) is 5.60. The van der Waals surface area contributed by atoms with E-state index >= 15 is 0 Å². The first-order valence-electron chi connectivity index (χ1n) is 7.15. The van der Waals surface area contributed by atoms with E-state index in [1.165, 1.54) is 25.3 Å². The molecule has 0 saturated heterocycles. The average molecular weight is 262 g/mol. The van der Waals surface area contributed by atoms with Gasteiger partial charge in [0, 0.05) is 6.42 Å². The van der Waals surface area contributed by atoms with E-state index < -0.39 is 0 Å². The third-order valence-corrected chi connectivity index (χ3v) is 4.51. The van der Waals surface area contributed by atoms with Crippen LogP contribution in [-0.4, -0.2) is 12.1 Å². The highest BCUT2D eigenvalue weighted by molar-refractivity contribution is 5.70. The Labute approximate surface area is 113 Å². The monoisotopic (exact) mass is 262 g/mol. The van der Waals surface area contributed by atoms with E-state index in [-0.39, 0.29) is 24.3 Å². The summed E-state index contributed by atoms with van der Waals surface area (Å²) < 4.78 is 19.0. The van der Waals surface area contributed by atoms with Crippen LogP contribution >= 0.6 is 0 Å². The summed E-state index contributed by atoms with van der Waals surface area (Å²) in [5.41, 5.74) is 0.590. The Kier molecular flexibility index (Phi) is 3.54. The maximum atomic E-state index is 13.4. The first-order valence-corrected chi connectivity index (χ1v) is 7.15. The molecule has 2 aliphatic rings. The Bertz CT molecular complexity index is 472. The number of esters is 1. The standard InChI is InChI=1S/C16H19FO2/c17-14-4-2-1-3-12(14)7-8-16(18)19-15-10-11-5-6-13(15)9-11/h1-4,11,13,15H,5-10H2. The van der Waals surface area contributed by atoms with Crippen molar-refractivity contribution < 1.29 is 13.9 Å². The Hall–Kier alpha value is -1.38. The molecule has 0 N–H and O–H groups in total. The summed E-state index contributed by atoms with van der Waals surface area (Å²) >= 11 is 0. The van der Waals surface area contributed by atoms with Gasteiger partial charge in [-0.2, -0.15) is 0 Å². The van der Waals surface area contributed by atoms with Gasteiger partial charge < -0.3 is 4.74 Å². The number of hydrogen-bond acceptors (Lipinski definition) is 2. The third kappa shape index (κ3) is 2.80. The molecule has 2 aliphatic carbocycles. The molecule has 0 aromatic heterocycles. The summed E-state index contributed by atoms with van der Waals surface area (Å²) in [4.78, 5) is 11.8. The van der Waals surface area contributed by atoms with E-state index in [9.17, 15) is 9.18 Å². The highest BCUT2D eigenvalue weighted by atomic mass is 19.1. The van der Waals surface area contributed by atoms with Crippen molar-refractivity contribution in [1.29, 1.82) is 0 Å². The van der Waals surface area contributed by atoms with E-state index in [0.29, 0.717) is 17.9 Å². The maximum absolute atomic E-state index is 13.4. The number of hydrogen-bond donors (Lipinski definition) is 0. The summed E-state index contributed by atoms with van der Waals surface area (Å²) in [5, 5.41) is 0. The lowest BCUT2D eigenvalue weighted by molar-refractivity contribution is -0.151. The maximum Gasteiger partial charge on any atom is 0.306 e. The van der Waals surface area contributed by atoms with Crippen LogP contribution in [0, 0.1) is 17.7 Å². The summed E-state index contributed by atoms with van der Waals surface area (Å²) in [5.74, 6) is 0.938. The Balaban J connectivity index is 1.48. The van der Waals surface area contributed by atoms with Gasteiger partial charge in [-0.15, -0.1) is 0 Å².